The van der Waals surface area contributed by atoms with E-state index in [9.17, 15) is 9.18 Å². The molecule has 1 amide bonds. The molecular formula is C32H39FN6O. The molecule has 3 heterocycles. The van der Waals surface area contributed by atoms with Crippen LogP contribution in [-0.2, 0) is 11.2 Å². The monoisotopic (exact) mass is 542 g/mol. The van der Waals surface area contributed by atoms with E-state index in [4.69, 9.17) is 15.1 Å². The number of fused-ring (bicyclic) bond motifs is 1. The second-order valence-electron chi connectivity index (χ2n) is 10.8. The van der Waals surface area contributed by atoms with Crippen molar-refractivity contribution in [3.63, 3.8) is 0 Å². The number of benzene rings is 2. The lowest BCUT2D eigenvalue weighted by molar-refractivity contribution is -0.131. The number of carbonyl (C=O) groups is 1. The van der Waals surface area contributed by atoms with Gasteiger partial charge in [0.15, 0.2) is 5.65 Å². The first-order valence-electron chi connectivity index (χ1n) is 14.5. The number of anilines is 1. The van der Waals surface area contributed by atoms with Gasteiger partial charge in [0.2, 0.25) is 5.91 Å². The molecule has 1 aliphatic rings. The molecule has 2 aromatic heterocycles. The fourth-order valence-electron chi connectivity index (χ4n) is 5.40. The number of unbranched alkanes of at least 4 members (excludes halogenated alkanes) is 3. The van der Waals surface area contributed by atoms with Crippen LogP contribution in [0, 0.1) is 19.7 Å². The van der Waals surface area contributed by atoms with Crippen molar-refractivity contribution < 1.29 is 9.18 Å². The van der Waals surface area contributed by atoms with E-state index in [0.29, 0.717) is 37.4 Å². The van der Waals surface area contributed by atoms with E-state index in [1.165, 1.54) is 30.5 Å². The first-order valence-corrected chi connectivity index (χ1v) is 14.5. The summed E-state index contributed by atoms with van der Waals surface area (Å²) in [6.07, 6.45) is 6.52. The standard InChI is InChI=1S/C32H39FN6O/c1-4-5-6-7-9-29(40)37-18-8-19-38(21-20-37)31-30-24(3)36-39(27-16-14-26(33)15-17-27)32(30)35-28(34-31)22-25-12-10-23(2)11-13-25/h10-17H,4-9,18-22H2,1-3H3. The third kappa shape index (κ3) is 6.32. The summed E-state index contributed by atoms with van der Waals surface area (Å²) in [5.74, 6) is 1.53. The summed E-state index contributed by atoms with van der Waals surface area (Å²) in [6, 6.07) is 14.8. The predicted molar refractivity (Wildman–Crippen MR) is 158 cm³/mol. The fourth-order valence-corrected chi connectivity index (χ4v) is 5.40. The highest BCUT2D eigenvalue weighted by Gasteiger charge is 2.25. The van der Waals surface area contributed by atoms with Gasteiger partial charge in [-0.3, -0.25) is 4.79 Å². The quantitative estimate of drug-likeness (QED) is 0.237. The molecule has 8 heteroatoms. The van der Waals surface area contributed by atoms with Gasteiger partial charge in [0.1, 0.15) is 17.5 Å². The SMILES string of the molecule is CCCCCCC(=O)N1CCCN(c2nc(Cc3ccc(C)cc3)nc3c2c(C)nn3-c2ccc(F)cc2)CC1. The van der Waals surface area contributed by atoms with E-state index in [2.05, 4.69) is 43.0 Å². The number of halogens is 1. The van der Waals surface area contributed by atoms with Crippen LogP contribution in [0.15, 0.2) is 48.5 Å². The second kappa shape index (κ2) is 12.6. The largest absolute Gasteiger partial charge is 0.354 e. The Bertz CT molecular complexity index is 1450. The lowest BCUT2D eigenvalue weighted by Gasteiger charge is -2.24. The van der Waals surface area contributed by atoms with Gasteiger partial charge in [0.25, 0.3) is 0 Å². The first kappa shape index (κ1) is 27.7. The highest BCUT2D eigenvalue weighted by Crippen LogP contribution is 2.30. The van der Waals surface area contributed by atoms with Crippen LogP contribution in [0.5, 0.6) is 0 Å². The number of rotatable bonds is 9. The summed E-state index contributed by atoms with van der Waals surface area (Å²) in [4.78, 5) is 27.3. The normalized spacial score (nSPS) is 14.1. The van der Waals surface area contributed by atoms with Gasteiger partial charge in [-0.25, -0.2) is 19.0 Å². The van der Waals surface area contributed by atoms with Crippen molar-refractivity contribution in [2.24, 2.45) is 0 Å². The van der Waals surface area contributed by atoms with Gasteiger partial charge in [-0.05, 0) is 56.5 Å². The number of amides is 1. The van der Waals surface area contributed by atoms with Crippen molar-refractivity contribution in [1.29, 1.82) is 0 Å². The van der Waals surface area contributed by atoms with Crippen LogP contribution in [0.2, 0.25) is 0 Å². The summed E-state index contributed by atoms with van der Waals surface area (Å²) in [6.45, 7) is 9.19. The number of nitrogens with zero attached hydrogens (tertiary/aromatic N) is 6. The van der Waals surface area contributed by atoms with Crippen LogP contribution in [0.1, 0.15) is 68.1 Å². The van der Waals surface area contributed by atoms with Crippen LogP contribution in [0.4, 0.5) is 10.2 Å². The van der Waals surface area contributed by atoms with Gasteiger partial charge in [-0.15, -0.1) is 0 Å². The molecule has 0 bridgehead atoms. The maximum Gasteiger partial charge on any atom is 0.222 e. The maximum atomic E-state index is 13.7. The van der Waals surface area contributed by atoms with Crippen molar-refractivity contribution in [2.45, 2.75) is 65.7 Å². The van der Waals surface area contributed by atoms with Crippen molar-refractivity contribution in [1.82, 2.24) is 24.6 Å². The Hall–Kier alpha value is -3.81. The molecule has 0 radical (unpaired) electrons. The topological polar surface area (TPSA) is 67.2 Å². The molecule has 0 aliphatic carbocycles. The highest BCUT2D eigenvalue weighted by atomic mass is 19.1. The Kier molecular flexibility index (Phi) is 8.72. The fraction of sp³-hybridized carbons (Fsp3) is 0.438. The first-order chi connectivity index (χ1) is 19.4. The van der Waals surface area contributed by atoms with Crippen LogP contribution in [-0.4, -0.2) is 56.7 Å². The van der Waals surface area contributed by atoms with Gasteiger partial charge in [0, 0.05) is 39.0 Å². The van der Waals surface area contributed by atoms with Gasteiger partial charge in [-0.1, -0.05) is 56.0 Å². The minimum Gasteiger partial charge on any atom is -0.354 e. The smallest absolute Gasteiger partial charge is 0.222 e. The zero-order valence-corrected chi connectivity index (χ0v) is 23.9. The predicted octanol–water partition coefficient (Wildman–Crippen LogP) is 6.17. The number of hydrogen-bond acceptors (Lipinski definition) is 5. The molecule has 40 heavy (non-hydrogen) atoms. The Morgan fingerprint density at radius 3 is 2.42 bits per heavy atom. The molecule has 0 unspecified atom stereocenters. The van der Waals surface area contributed by atoms with Crippen molar-refractivity contribution in [3.8, 4) is 5.69 Å². The molecule has 1 aliphatic heterocycles. The molecule has 0 spiro atoms. The molecular weight excluding hydrogens is 503 g/mol. The minimum absolute atomic E-state index is 0.256. The van der Waals surface area contributed by atoms with Crippen molar-refractivity contribution in [2.75, 3.05) is 31.1 Å². The van der Waals surface area contributed by atoms with E-state index >= 15 is 0 Å². The van der Waals surface area contributed by atoms with E-state index in [1.54, 1.807) is 16.8 Å². The lowest BCUT2D eigenvalue weighted by Crippen LogP contribution is -2.35. The summed E-state index contributed by atoms with van der Waals surface area (Å²) >= 11 is 0. The van der Waals surface area contributed by atoms with Gasteiger partial charge in [0.05, 0.1) is 16.8 Å². The maximum absolute atomic E-state index is 13.7. The van der Waals surface area contributed by atoms with Crippen LogP contribution < -0.4 is 4.90 Å². The summed E-state index contributed by atoms with van der Waals surface area (Å²) in [7, 11) is 0. The molecule has 2 aromatic carbocycles. The van der Waals surface area contributed by atoms with Crippen molar-refractivity contribution in [3.05, 3.63) is 77.0 Å². The molecule has 1 fully saturated rings. The third-order valence-corrected chi connectivity index (χ3v) is 7.68. The zero-order chi connectivity index (χ0) is 28.1. The van der Waals surface area contributed by atoms with Crippen LogP contribution >= 0.6 is 0 Å². The number of aromatic nitrogens is 4. The number of carbonyl (C=O) groups excluding carboxylic acids is 1. The molecule has 5 rings (SSSR count). The molecule has 1 saturated heterocycles. The van der Waals surface area contributed by atoms with Gasteiger partial charge < -0.3 is 9.80 Å². The Labute approximate surface area is 236 Å². The molecule has 210 valence electrons. The highest BCUT2D eigenvalue weighted by molar-refractivity contribution is 5.91. The molecule has 0 atom stereocenters. The Morgan fingerprint density at radius 2 is 1.68 bits per heavy atom. The minimum atomic E-state index is -0.290. The van der Waals surface area contributed by atoms with E-state index in [-0.39, 0.29) is 11.7 Å². The Morgan fingerprint density at radius 1 is 0.900 bits per heavy atom. The second-order valence-corrected chi connectivity index (χ2v) is 10.8. The molecule has 4 aromatic rings. The van der Waals surface area contributed by atoms with E-state index in [0.717, 1.165) is 60.5 Å². The number of aryl methyl sites for hydroxylation is 2. The van der Waals surface area contributed by atoms with E-state index in [1.807, 2.05) is 11.8 Å². The molecule has 7 nitrogen and oxygen atoms in total. The summed E-state index contributed by atoms with van der Waals surface area (Å²) < 4.78 is 15.5. The Balaban J connectivity index is 1.48. The van der Waals surface area contributed by atoms with Crippen LogP contribution in [0.3, 0.4) is 0 Å². The van der Waals surface area contributed by atoms with Crippen molar-refractivity contribution >= 4 is 22.8 Å². The lowest BCUT2D eigenvalue weighted by atomic mass is 10.1. The van der Waals surface area contributed by atoms with Crippen LogP contribution in [0.25, 0.3) is 16.7 Å². The average Bonchev–Trinajstić information content (AvgIpc) is 3.11. The summed E-state index contributed by atoms with van der Waals surface area (Å²) in [5.41, 5.74) is 4.63. The number of hydrogen-bond donors (Lipinski definition) is 0. The van der Waals surface area contributed by atoms with E-state index < -0.39 is 0 Å². The summed E-state index contributed by atoms with van der Waals surface area (Å²) in [5, 5.41) is 5.72. The molecule has 0 saturated carbocycles. The van der Waals surface area contributed by atoms with Gasteiger partial charge >= 0.3 is 0 Å². The average molecular weight is 543 g/mol. The zero-order valence-electron chi connectivity index (χ0n) is 23.9. The third-order valence-electron chi connectivity index (χ3n) is 7.68. The van der Waals surface area contributed by atoms with Gasteiger partial charge in [-0.2, -0.15) is 5.10 Å². The molecule has 0 N–H and O–H groups in total.